The van der Waals surface area contributed by atoms with Crippen molar-refractivity contribution < 1.29 is 13.2 Å². The molecule has 3 unspecified atom stereocenters. The number of carbonyl (C=O) groups excluding carboxylic acids is 1. The van der Waals surface area contributed by atoms with Gasteiger partial charge in [-0.25, -0.2) is 8.42 Å². The Labute approximate surface area is 162 Å². The molecular weight excluding hydrogens is 362 g/mol. The van der Waals surface area contributed by atoms with Crippen LogP contribution in [-0.4, -0.2) is 61.8 Å². The van der Waals surface area contributed by atoms with E-state index < -0.39 is 10.0 Å². The standard InChI is InChI=1S/C20H29N3O3S/c1-22(18-12-16-9-10-17(13-18)21-16)20(24)15-6-5-11-23(14-15)27(25,26)19-7-3-2-4-8-19/h2-4,7-8,15-18,21H,5-6,9-14H2,1H3. The maximum atomic E-state index is 13.1. The topological polar surface area (TPSA) is 69.7 Å². The molecule has 1 aromatic carbocycles. The van der Waals surface area contributed by atoms with Gasteiger partial charge in [0.2, 0.25) is 15.9 Å². The fourth-order valence-electron chi connectivity index (χ4n) is 4.92. The summed E-state index contributed by atoms with van der Waals surface area (Å²) in [6.45, 7) is 0.778. The first-order valence-corrected chi connectivity index (χ1v) is 11.5. The van der Waals surface area contributed by atoms with Crippen LogP contribution in [0.1, 0.15) is 38.5 Å². The molecule has 4 rings (SSSR count). The van der Waals surface area contributed by atoms with E-state index >= 15 is 0 Å². The van der Waals surface area contributed by atoms with Crippen LogP contribution in [0.4, 0.5) is 0 Å². The van der Waals surface area contributed by atoms with Crippen molar-refractivity contribution in [1.29, 1.82) is 0 Å². The summed E-state index contributed by atoms with van der Waals surface area (Å²) in [6, 6.07) is 9.86. The molecule has 3 fully saturated rings. The third-order valence-electron chi connectivity index (χ3n) is 6.46. The van der Waals surface area contributed by atoms with Crippen molar-refractivity contribution in [3.05, 3.63) is 30.3 Å². The zero-order valence-electron chi connectivity index (χ0n) is 15.9. The normalized spacial score (nSPS) is 31.6. The Hall–Kier alpha value is -1.44. The van der Waals surface area contributed by atoms with E-state index in [2.05, 4.69) is 5.32 Å². The van der Waals surface area contributed by atoms with E-state index in [4.69, 9.17) is 0 Å². The summed E-state index contributed by atoms with van der Waals surface area (Å²) in [5, 5.41) is 3.61. The van der Waals surface area contributed by atoms with Crippen molar-refractivity contribution in [2.24, 2.45) is 5.92 Å². The Kier molecular flexibility index (Phi) is 5.27. The van der Waals surface area contributed by atoms with Crippen LogP contribution in [0, 0.1) is 5.92 Å². The number of hydrogen-bond donors (Lipinski definition) is 1. The van der Waals surface area contributed by atoms with E-state index in [9.17, 15) is 13.2 Å². The molecule has 6 nitrogen and oxygen atoms in total. The highest BCUT2D eigenvalue weighted by molar-refractivity contribution is 7.89. The molecule has 3 aliphatic rings. The Bertz CT molecular complexity index is 771. The number of rotatable bonds is 4. The second-order valence-electron chi connectivity index (χ2n) is 8.23. The van der Waals surface area contributed by atoms with Crippen molar-refractivity contribution in [3.8, 4) is 0 Å². The molecule has 3 aliphatic heterocycles. The van der Waals surface area contributed by atoms with Crippen molar-refractivity contribution >= 4 is 15.9 Å². The average Bonchev–Trinajstić information content (AvgIpc) is 3.05. The van der Waals surface area contributed by atoms with Gasteiger partial charge in [0.1, 0.15) is 0 Å². The van der Waals surface area contributed by atoms with Crippen molar-refractivity contribution in [2.45, 2.75) is 61.5 Å². The molecule has 1 amide bonds. The molecule has 148 valence electrons. The van der Waals surface area contributed by atoms with Gasteiger partial charge in [0, 0.05) is 38.3 Å². The summed E-state index contributed by atoms with van der Waals surface area (Å²) in [4.78, 5) is 15.3. The molecule has 0 aromatic heterocycles. The van der Waals surface area contributed by atoms with Gasteiger partial charge in [0.05, 0.1) is 10.8 Å². The monoisotopic (exact) mass is 391 g/mol. The molecule has 3 saturated heterocycles. The quantitative estimate of drug-likeness (QED) is 0.850. The van der Waals surface area contributed by atoms with Crippen molar-refractivity contribution in [3.63, 3.8) is 0 Å². The number of nitrogens with zero attached hydrogens (tertiary/aromatic N) is 2. The van der Waals surface area contributed by atoms with E-state index in [1.165, 1.54) is 17.1 Å². The summed E-state index contributed by atoms with van der Waals surface area (Å²) in [7, 11) is -1.63. The lowest BCUT2D eigenvalue weighted by Crippen LogP contribution is -2.52. The zero-order chi connectivity index (χ0) is 19.0. The first kappa shape index (κ1) is 18.9. The Morgan fingerprint density at radius 2 is 1.78 bits per heavy atom. The highest BCUT2D eigenvalue weighted by Crippen LogP contribution is 2.31. The predicted molar refractivity (Wildman–Crippen MR) is 104 cm³/mol. The van der Waals surface area contributed by atoms with E-state index in [-0.39, 0.29) is 24.4 Å². The van der Waals surface area contributed by atoms with Crippen molar-refractivity contribution in [2.75, 3.05) is 20.1 Å². The second kappa shape index (κ2) is 7.53. The van der Waals surface area contributed by atoms with Crippen LogP contribution in [0.5, 0.6) is 0 Å². The van der Waals surface area contributed by atoms with Crippen LogP contribution in [0.15, 0.2) is 35.2 Å². The molecule has 0 radical (unpaired) electrons. The number of fused-ring (bicyclic) bond motifs is 2. The lowest BCUT2D eigenvalue weighted by atomic mass is 9.94. The number of sulfonamides is 1. The van der Waals surface area contributed by atoms with Gasteiger partial charge in [-0.3, -0.25) is 4.79 Å². The van der Waals surface area contributed by atoms with Crippen LogP contribution < -0.4 is 5.32 Å². The van der Waals surface area contributed by atoms with Gasteiger partial charge in [-0.2, -0.15) is 4.31 Å². The molecule has 1 N–H and O–H groups in total. The van der Waals surface area contributed by atoms with E-state index in [0.29, 0.717) is 23.5 Å². The Morgan fingerprint density at radius 1 is 1.11 bits per heavy atom. The van der Waals surface area contributed by atoms with Gasteiger partial charge in [-0.15, -0.1) is 0 Å². The van der Waals surface area contributed by atoms with Gasteiger partial charge in [0.15, 0.2) is 0 Å². The highest BCUT2D eigenvalue weighted by atomic mass is 32.2. The zero-order valence-corrected chi connectivity index (χ0v) is 16.7. The number of piperidine rings is 2. The smallest absolute Gasteiger partial charge is 0.243 e. The van der Waals surface area contributed by atoms with Gasteiger partial charge in [0.25, 0.3) is 0 Å². The molecule has 2 bridgehead atoms. The maximum Gasteiger partial charge on any atom is 0.243 e. The highest BCUT2D eigenvalue weighted by Gasteiger charge is 2.39. The predicted octanol–water partition coefficient (Wildman–Crippen LogP) is 1.83. The SMILES string of the molecule is CN(C(=O)C1CCCN(S(=O)(=O)c2ccccc2)C1)C1CC2CCC(C1)N2. The third kappa shape index (κ3) is 3.77. The maximum absolute atomic E-state index is 13.1. The number of amides is 1. The van der Waals surface area contributed by atoms with Gasteiger partial charge >= 0.3 is 0 Å². The van der Waals surface area contributed by atoms with Crippen LogP contribution in [0.25, 0.3) is 0 Å². The van der Waals surface area contributed by atoms with E-state index in [0.717, 1.165) is 25.7 Å². The number of carbonyl (C=O) groups is 1. The molecule has 7 heteroatoms. The number of hydrogen-bond acceptors (Lipinski definition) is 4. The molecular formula is C20H29N3O3S. The molecule has 0 spiro atoms. The lowest BCUT2D eigenvalue weighted by Gasteiger charge is -2.39. The lowest BCUT2D eigenvalue weighted by molar-refractivity contribution is -0.138. The van der Waals surface area contributed by atoms with Crippen LogP contribution in [0.3, 0.4) is 0 Å². The van der Waals surface area contributed by atoms with Crippen LogP contribution in [0.2, 0.25) is 0 Å². The Balaban J connectivity index is 1.44. The first-order valence-electron chi connectivity index (χ1n) is 10.0. The molecule has 0 aliphatic carbocycles. The Morgan fingerprint density at radius 3 is 2.44 bits per heavy atom. The molecule has 27 heavy (non-hydrogen) atoms. The first-order chi connectivity index (χ1) is 12.9. The average molecular weight is 392 g/mol. The van der Waals surface area contributed by atoms with Gasteiger partial charge in [-0.1, -0.05) is 18.2 Å². The fourth-order valence-corrected chi connectivity index (χ4v) is 6.46. The minimum absolute atomic E-state index is 0.106. The summed E-state index contributed by atoms with van der Waals surface area (Å²) >= 11 is 0. The molecule has 1 aromatic rings. The molecule has 3 atom stereocenters. The summed E-state index contributed by atoms with van der Waals surface area (Å²) in [5.41, 5.74) is 0. The second-order valence-corrected chi connectivity index (χ2v) is 10.2. The summed E-state index contributed by atoms with van der Waals surface area (Å²) in [5.74, 6) is -0.135. The van der Waals surface area contributed by atoms with E-state index in [1.807, 2.05) is 18.0 Å². The summed E-state index contributed by atoms with van der Waals surface area (Å²) in [6.07, 6.45) is 5.93. The largest absolute Gasteiger partial charge is 0.342 e. The molecule has 0 saturated carbocycles. The van der Waals surface area contributed by atoms with Gasteiger partial charge in [-0.05, 0) is 50.7 Å². The van der Waals surface area contributed by atoms with Crippen LogP contribution in [-0.2, 0) is 14.8 Å². The molecule has 3 heterocycles. The minimum Gasteiger partial charge on any atom is -0.342 e. The fraction of sp³-hybridized carbons (Fsp3) is 0.650. The van der Waals surface area contributed by atoms with Crippen LogP contribution >= 0.6 is 0 Å². The van der Waals surface area contributed by atoms with Crippen molar-refractivity contribution in [1.82, 2.24) is 14.5 Å². The number of nitrogens with one attached hydrogen (secondary N) is 1. The third-order valence-corrected chi connectivity index (χ3v) is 8.34. The minimum atomic E-state index is -3.53. The van der Waals surface area contributed by atoms with Gasteiger partial charge < -0.3 is 10.2 Å². The number of benzene rings is 1. The van der Waals surface area contributed by atoms with E-state index in [1.54, 1.807) is 24.3 Å². The summed E-state index contributed by atoms with van der Waals surface area (Å²) < 4.78 is 27.3.